The fraction of sp³-hybridized carbons (Fsp3) is 0.444. The van der Waals surface area contributed by atoms with Crippen LogP contribution in [0.15, 0.2) is 12.3 Å². The van der Waals surface area contributed by atoms with Gasteiger partial charge in [0, 0.05) is 30.9 Å². The smallest absolute Gasteiger partial charge is 0.421 e. The van der Waals surface area contributed by atoms with Crippen LogP contribution in [0.3, 0.4) is 0 Å². The van der Waals surface area contributed by atoms with E-state index in [1.54, 1.807) is 16.8 Å². The summed E-state index contributed by atoms with van der Waals surface area (Å²) in [5, 5.41) is 28.0. The van der Waals surface area contributed by atoms with Crippen LogP contribution >= 0.6 is 0 Å². The largest absolute Gasteiger partial charge is 0.494 e. The second-order valence-corrected chi connectivity index (χ2v) is 7.26. The lowest BCUT2D eigenvalue weighted by molar-refractivity contribution is -0.523. The predicted molar refractivity (Wildman–Crippen MR) is 98.3 cm³/mol. The number of hydrogen-bond acceptors (Lipinski definition) is 7. The number of aromatic nitrogens is 5. The van der Waals surface area contributed by atoms with Gasteiger partial charge in [0.1, 0.15) is 0 Å². The SMILES string of the molecule is Oc1cc(C=c2cnn3c(=[NH+]C4CC4)nc(NC4CCOCC4)nc23)c(O)[nH]1. The van der Waals surface area contributed by atoms with Gasteiger partial charge in [0.15, 0.2) is 11.8 Å². The molecule has 1 aliphatic heterocycles. The van der Waals surface area contributed by atoms with E-state index in [9.17, 15) is 10.2 Å². The average Bonchev–Trinajstić information content (AvgIpc) is 3.32. The van der Waals surface area contributed by atoms with Crippen molar-refractivity contribution in [3.05, 3.63) is 28.7 Å². The molecule has 1 aliphatic carbocycles. The molecule has 3 aromatic heterocycles. The van der Waals surface area contributed by atoms with Crippen LogP contribution in [0, 0.1) is 0 Å². The van der Waals surface area contributed by atoms with Crippen LogP contribution < -0.4 is 21.1 Å². The number of hydrogen-bond donors (Lipinski definition) is 5. The van der Waals surface area contributed by atoms with Crippen LogP contribution in [0.2, 0.25) is 0 Å². The van der Waals surface area contributed by atoms with Crippen molar-refractivity contribution in [2.24, 2.45) is 0 Å². The van der Waals surface area contributed by atoms with Crippen LogP contribution in [-0.4, -0.2) is 60.1 Å². The summed E-state index contributed by atoms with van der Waals surface area (Å²) in [6.07, 6.45) is 7.45. The highest BCUT2D eigenvalue weighted by Crippen LogP contribution is 2.21. The molecule has 5 rings (SSSR count). The highest BCUT2D eigenvalue weighted by atomic mass is 16.5. The van der Waals surface area contributed by atoms with Crippen LogP contribution in [0.25, 0.3) is 11.7 Å². The molecule has 0 unspecified atom stereocenters. The first kappa shape index (κ1) is 17.0. The molecular formula is C18H22N7O3+. The topological polar surface area (TPSA) is 135 Å². The molecule has 0 spiro atoms. The fourth-order valence-electron chi connectivity index (χ4n) is 3.31. The highest BCUT2D eigenvalue weighted by Gasteiger charge is 2.24. The summed E-state index contributed by atoms with van der Waals surface area (Å²) in [4.78, 5) is 15.2. The zero-order valence-corrected chi connectivity index (χ0v) is 15.2. The molecule has 0 aromatic carbocycles. The summed E-state index contributed by atoms with van der Waals surface area (Å²) in [5.41, 5.74) is 1.72. The van der Waals surface area contributed by atoms with E-state index in [2.05, 4.69) is 30.4 Å². The van der Waals surface area contributed by atoms with Gasteiger partial charge in [-0.2, -0.15) is 4.98 Å². The summed E-state index contributed by atoms with van der Waals surface area (Å²) in [6, 6.07) is 2.13. The van der Waals surface area contributed by atoms with Crippen LogP contribution in [0.1, 0.15) is 31.2 Å². The Hall–Kier alpha value is -3.14. The molecule has 2 fully saturated rings. The molecule has 1 saturated carbocycles. The van der Waals surface area contributed by atoms with E-state index in [4.69, 9.17) is 4.74 Å². The van der Waals surface area contributed by atoms with Crippen molar-refractivity contribution in [3.8, 4) is 11.8 Å². The summed E-state index contributed by atoms with van der Waals surface area (Å²) in [7, 11) is 0. The number of anilines is 1. The van der Waals surface area contributed by atoms with Crippen LogP contribution in [0.4, 0.5) is 5.95 Å². The van der Waals surface area contributed by atoms with Gasteiger partial charge in [-0.1, -0.05) is 4.52 Å². The van der Waals surface area contributed by atoms with E-state index in [1.807, 2.05) is 0 Å². The molecule has 0 radical (unpaired) electrons. The van der Waals surface area contributed by atoms with Gasteiger partial charge in [0.05, 0.1) is 17.5 Å². The second-order valence-electron chi connectivity index (χ2n) is 7.26. The summed E-state index contributed by atoms with van der Waals surface area (Å²) >= 11 is 0. The number of ether oxygens (including phenoxy) is 1. The van der Waals surface area contributed by atoms with Crippen molar-refractivity contribution in [1.29, 1.82) is 0 Å². The van der Waals surface area contributed by atoms with Crippen molar-refractivity contribution in [2.45, 2.75) is 37.8 Å². The van der Waals surface area contributed by atoms with E-state index in [0.717, 1.165) is 38.9 Å². The molecule has 28 heavy (non-hydrogen) atoms. The quantitative estimate of drug-likeness (QED) is 0.356. The summed E-state index contributed by atoms with van der Waals surface area (Å²) < 4.78 is 7.09. The zero-order valence-electron chi connectivity index (χ0n) is 15.2. The summed E-state index contributed by atoms with van der Waals surface area (Å²) in [6.45, 7) is 1.46. The highest BCUT2D eigenvalue weighted by molar-refractivity contribution is 5.61. The first-order valence-electron chi connectivity index (χ1n) is 9.48. The number of nitrogens with zero attached hydrogens (tertiary/aromatic N) is 4. The minimum atomic E-state index is -0.109. The standard InChI is InChI=1S/C18H21N7O3/c26-14-8-10(16(27)22-14)7-11-9-19-25-15(11)23-17(20-13-3-5-28-6-4-13)24-18(25)21-12-1-2-12/h7-9,12-13,22,26-27H,1-6H2,(H,20,21,24)/p+1. The lowest BCUT2D eigenvalue weighted by Crippen LogP contribution is -2.80. The molecule has 2 aliphatic rings. The van der Waals surface area contributed by atoms with Gasteiger partial charge in [0.2, 0.25) is 5.65 Å². The second kappa shape index (κ2) is 6.79. The third kappa shape index (κ3) is 3.38. The van der Waals surface area contributed by atoms with Crippen molar-refractivity contribution in [2.75, 3.05) is 18.5 Å². The molecule has 1 saturated heterocycles. The van der Waals surface area contributed by atoms with Crippen molar-refractivity contribution in [1.82, 2.24) is 24.6 Å². The van der Waals surface area contributed by atoms with Crippen molar-refractivity contribution >= 4 is 17.7 Å². The molecular weight excluding hydrogens is 362 g/mol. The third-order valence-electron chi connectivity index (χ3n) is 4.98. The monoisotopic (exact) mass is 384 g/mol. The summed E-state index contributed by atoms with van der Waals surface area (Å²) in [5.74, 6) is 0.328. The minimum Gasteiger partial charge on any atom is -0.494 e. The van der Waals surface area contributed by atoms with E-state index >= 15 is 0 Å². The van der Waals surface area contributed by atoms with Crippen molar-refractivity contribution in [3.63, 3.8) is 0 Å². The molecule has 5 N–H and O–H groups in total. The Morgan fingerprint density at radius 1 is 1.21 bits per heavy atom. The predicted octanol–water partition coefficient (Wildman–Crippen LogP) is -1.85. The molecule has 3 aromatic rings. The van der Waals surface area contributed by atoms with E-state index in [1.165, 1.54) is 6.07 Å². The lowest BCUT2D eigenvalue weighted by atomic mass is 10.1. The first-order valence-corrected chi connectivity index (χ1v) is 9.48. The number of rotatable bonds is 4. The Morgan fingerprint density at radius 2 is 2.04 bits per heavy atom. The number of aromatic hydroxyl groups is 2. The number of nitrogens with one attached hydrogen (secondary N) is 3. The third-order valence-corrected chi connectivity index (χ3v) is 4.98. The van der Waals surface area contributed by atoms with Gasteiger partial charge >= 0.3 is 11.6 Å². The average molecular weight is 384 g/mol. The Balaban J connectivity index is 1.62. The molecule has 0 bridgehead atoms. The van der Waals surface area contributed by atoms with Gasteiger partial charge in [0.25, 0.3) is 0 Å². The zero-order chi connectivity index (χ0) is 19.1. The van der Waals surface area contributed by atoms with Crippen molar-refractivity contribution < 1.29 is 19.9 Å². The van der Waals surface area contributed by atoms with E-state index in [0.29, 0.717) is 34.0 Å². The molecule has 10 heteroatoms. The fourth-order valence-corrected chi connectivity index (χ4v) is 3.31. The first-order chi connectivity index (χ1) is 13.7. The van der Waals surface area contributed by atoms with Crippen LogP contribution in [0.5, 0.6) is 11.8 Å². The normalized spacial score (nSPS) is 19.6. The Kier molecular flexibility index (Phi) is 4.12. The molecule has 4 heterocycles. The molecule has 0 atom stereocenters. The Morgan fingerprint density at radius 3 is 2.75 bits per heavy atom. The van der Waals surface area contributed by atoms with Gasteiger partial charge in [-0.25, -0.2) is 0 Å². The van der Waals surface area contributed by atoms with Crippen LogP contribution in [-0.2, 0) is 4.74 Å². The number of fused-ring (bicyclic) bond motifs is 1. The van der Waals surface area contributed by atoms with Gasteiger partial charge in [-0.3, -0.25) is 9.98 Å². The van der Waals surface area contributed by atoms with Gasteiger partial charge < -0.3 is 20.3 Å². The lowest BCUT2D eigenvalue weighted by Gasteiger charge is -2.21. The van der Waals surface area contributed by atoms with E-state index in [-0.39, 0.29) is 17.8 Å². The molecule has 10 nitrogen and oxygen atoms in total. The Labute approximate surface area is 159 Å². The minimum absolute atomic E-state index is 0.104. The number of H-pyrrole nitrogens is 1. The maximum Gasteiger partial charge on any atom is 0.421 e. The maximum absolute atomic E-state index is 9.91. The maximum atomic E-state index is 9.91. The van der Waals surface area contributed by atoms with Gasteiger partial charge in [-0.15, -0.1) is 5.10 Å². The molecule has 0 amide bonds. The Bertz CT molecular complexity index is 1130. The van der Waals surface area contributed by atoms with Gasteiger partial charge in [-0.05, 0) is 36.7 Å². The van der Waals surface area contributed by atoms with E-state index < -0.39 is 0 Å². The molecule has 146 valence electrons. The number of aromatic amines is 1.